The molecule has 0 amide bonds. The lowest BCUT2D eigenvalue weighted by Crippen LogP contribution is -2.30. The zero-order valence-electron chi connectivity index (χ0n) is 17.7. The first-order chi connectivity index (χ1) is 13.5. The largest absolute Gasteiger partial charge is 0.514 e. The Labute approximate surface area is 171 Å². The SMILES string of the molecule is C=CCOC(=O)OC(=C)/C(C)=C/[C@@H]1OC(C)(C)O[C@H]1C[C@H](OC(=O)OC)C(=C)C. The number of rotatable bonds is 9. The van der Waals surface area contributed by atoms with Crippen LogP contribution in [-0.4, -0.2) is 50.1 Å². The number of carbonyl (C=O) groups excluding carboxylic acids is 2. The maximum absolute atomic E-state index is 11.6. The van der Waals surface area contributed by atoms with E-state index in [1.54, 1.807) is 33.8 Å². The van der Waals surface area contributed by atoms with Crippen LogP contribution in [0, 0.1) is 0 Å². The van der Waals surface area contributed by atoms with E-state index in [4.69, 9.17) is 23.7 Å². The van der Waals surface area contributed by atoms with Crippen LogP contribution in [0.1, 0.15) is 34.1 Å². The normalized spacial score (nSPS) is 21.6. The molecule has 1 saturated heterocycles. The Morgan fingerprint density at radius 2 is 1.83 bits per heavy atom. The Morgan fingerprint density at radius 3 is 2.38 bits per heavy atom. The predicted octanol–water partition coefficient (Wildman–Crippen LogP) is 4.42. The molecule has 8 heteroatoms. The zero-order chi connectivity index (χ0) is 22.2. The Kier molecular flexibility index (Phi) is 9.13. The summed E-state index contributed by atoms with van der Waals surface area (Å²) in [5.74, 6) is -0.740. The van der Waals surface area contributed by atoms with Crippen LogP contribution in [0.3, 0.4) is 0 Å². The second-order valence-corrected chi connectivity index (χ2v) is 7.01. The molecule has 3 atom stereocenters. The Morgan fingerprint density at radius 1 is 1.17 bits per heavy atom. The number of methoxy groups -OCH3 is 1. The molecule has 29 heavy (non-hydrogen) atoms. The maximum atomic E-state index is 11.6. The monoisotopic (exact) mass is 410 g/mol. The minimum Gasteiger partial charge on any atom is -0.438 e. The summed E-state index contributed by atoms with van der Waals surface area (Å²) >= 11 is 0. The molecule has 1 fully saturated rings. The molecule has 0 aromatic heterocycles. The van der Waals surface area contributed by atoms with E-state index in [-0.39, 0.29) is 12.4 Å². The van der Waals surface area contributed by atoms with Crippen molar-refractivity contribution in [3.8, 4) is 0 Å². The second-order valence-electron chi connectivity index (χ2n) is 7.01. The van der Waals surface area contributed by atoms with E-state index in [1.165, 1.54) is 13.2 Å². The van der Waals surface area contributed by atoms with Gasteiger partial charge in [-0.15, -0.1) is 0 Å². The topological polar surface area (TPSA) is 89.5 Å². The molecule has 0 bridgehead atoms. The Balaban J connectivity index is 2.90. The molecular weight excluding hydrogens is 380 g/mol. The van der Waals surface area contributed by atoms with Gasteiger partial charge in [0.2, 0.25) is 0 Å². The molecule has 0 unspecified atom stereocenters. The van der Waals surface area contributed by atoms with Gasteiger partial charge in [0.05, 0.1) is 13.2 Å². The highest BCUT2D eigenvalue weighted by molar-refractivity contribution is 5.62. The lowest BCUT2D eigenvalue weighted by molar-refractivity contribution is -0.145. The van der Waals surface area contributed by atoms with Gasteiger partial charge in [-0.1, -0.05) is 25.8 Å². The van der Waals surface area contributed by atoms with Gasteiger partial charge in [0.15, 0.2) is 5.79 Å². The molecule has 1 aliphatic heterocycles. The predicted molar refractivity (Wildman–Crippen MR) is 106 cm³/mol. The molecule has 1 heterocycles. The van der Waals surface area contributed by atoms with Gasteiger partial charge in [-0.3, -0.25) is 0 Å². The first kappa shape index (κ1) is 24.5. The van der Waals surface area contributed by atoms with Crippen molar-refractivity contribution >= 4 is 12.3 Å². The van der Waals surface area contributed by atoms with Crippen molar-refractivity contribution in [1.82, 2.24) is 0 Å². The van der Waals surface area contributed by atoms with Crippen LogP contribution in [0.4, 0.5) is 9.59 Å². The first-order valence-electron chi connectivity index (χ1n) is 9.08. The van der Waals surface area contributed by atoms with E-state index in [0.29, 0.717) is 17.6 Å². The summed E-state index contributed by atoms with van der Waals surface area (Å²) < 4.78 is 31.5. The van der Waals surface area contributed by atoms with E-state index >= 15 is 0 Å². The molecule has 0 saturated carbocycles. The third kappa shape index (κ3) is 8.13. The standard InChI is InChI=1S/C21H30O8/c1-9-10-25-20(23)26-15(5)14(4)11-17-18(29-21(6,7)28-17)12-16(13(2)3)27-19(22)24-8/h9,11,16-18H,1-2,5,10,12H2,3-4,6-8H3/b14-11+/t16-,17-,18-/m0/s1. The quantitative estimate of drug-likeness (QED) is 0.239. The summed E-state index contributed by atoms with van der Waals surface area (Å²) in [7, 11) is 1.23. The molecular formula is C21H30O8. The van der Waals surface area contributed by atoms with Gasteiger partial charge in [0, 0.05) is 6.42 Å². The smallest absolute Gasteiger partial charge is 0.438 e. The fourth-order valence-electron chi connectivity index (χ4n) is 2.59. The minimum absolute atomic E-state index is 0.0349. The van der Waals surface area contributed by atoms with Crippen LogP contribution in [0.2, 0.25) is 0 Å². The fraction of sp³-hybridized carbons (Fsp3) is 0.524. The van der Waals surface area contributed by atoms with Crippen LogP contribution in [0.25, 0.3) is 0 Å². The lowest BCUT2D eigenvalue weighted by atomic mass is 10.0. The zero-order valence-corrected chi connectivity index (χ0v) is 17.7. The van der Waals surface area contributed by atoms with Gasteiger partial charge in [-0.2, -0.15) is 0 Å². The number of allylic oxidation sites excluding steroid dienone is 1. The molecule has 0 spiro atoms. The van der Waals surface area contributed by atoms with Crippen molar-refractivity contribution < 1.29 is 38.0 Å². The second kappa shape index (κ2) is 10.8. The number of hydrogen-bond acceptors (Lipinski definition) is 8. The molecule has 0 radical (unpaired) electrons. The molecule has 0 aromatic carbocycles. The van der Waals surface area contributed by atoms with Gasteiger partial charge in [-0.05, 0) is 44.9 Å². The van der Waals surface area contributed by atoms with Gasteiger partial charge in [0.1, 0.15) is 24.6 Å². The average molecular weight is 410 g/mol. The lowest BCUT2D eigenvalue weighted by Gasteiger charge is -2.22. The summed E-state index contributed by atoms with van der Waals surface area (Å²) in [6.45, 7) is 18.1. The third-order valence-electron chi connectivity index (χ3n) is 4.00. The number of hydrogen-bond donors (Lipinski definition) is 0. The fourth-order valence-corrected chi connectivity index (χ4v) is 2.59. The van der Waals surface area contributed by atoms with Crippen molar-refractivity contribution in [3.63, 3.8) is 0 Å². The van der Waals surface area contributed by atoms with E-state index in [9.17, 15) is 9.59 Å². The molecule has 1 aliphatic rings. The van der Waals surface area contributed by atoms with E-state index in [2.05, 4.69) is 24.5 Å². The minimum atomic E-state index is -0.878. The van der Waals surface area contributed by atoms with Crippen LogP contribution >= 0.6 is 0 Å². The van der Waals surface area contributed by atoms with Gasteiger partial charge < -0.3 is 28.4 Å². The molecule has 0 aliphatic carbocycles. The van der Waals surface area contributed by atoms with Crippen molar-refractivity contribution in [2.24, 2.45) is 0 Å². The molecule has 0 N–H and O–H groups in total. The summed E-state index contributed by atoms with van der Waals surface area (Å²) in [6, 6.07) is 0. The summed E-state index contributed by atoms with van der Waals surface area (Å²) in [5.41, 5.74) is 1.21. The summed E-state index contributed by atoms with van der Waals surface area (Å²) in [5, 5.41) is 0. The number of ether oxygens (including phenoxy) is 6. The molecule has 1 rings (SSSR count). The van der Waals surface area contributed by atoms with Crippen molar-refractivity contribution in [2.75, 3.05) is 13.7 Å². The Bertz CT molecular complexity index is 676. The Hall–Kier alpha value is -2.58. The summed E-state index contributed by atoms with van der Waals surface area (Å²) in [6.07, 6.45) is 0.209. The highest BCUT2D eigenvalue weighted by Crippen LogP contribution is 2.33. The molecule has 0 aromatic rings. The van der Waals surface area contributed by atoms with Gasteiger partial charge >= 0.3 is 12.3 Å². The van der Waals surface area contributed by atoms with Gasteiger partial charge in [0.25, 0.3) is 0 Å². The average Bonchev–Trinajstić information content (AvgIpc) is 2.91. The van der Waals surface area contributed by atoms with Crippen molar-refractivity contribution in [1.29, 1.82) is 0 Å². The van der Waals surface area contributed by atoms with Crippen LogP contribution in [0.5, 0.6) is 0 Å². The number of carbonyl (C=O) groups is 2. The van der Waals surface area contributed by atoms with E-state index in [0.717, 1.165) is 0 Å². The van der Waals surface area contributed by atoms with Gasteiger partial charge in [-0.25, -0.2) is 9.59 Å². The van der Waals surface area contributed by atoms with Crippen LogP contribution in [0.15, 0.2) is 48.8 Å². The van der Waals surface area contributed by atoms with Crippen molar-refractivity contribution in [3.05, 3.63) is 48.8 Å². The molecule has 162 valence electrons. The molecule has 8 nitrogen and oxygen atoms in total. The maximum Gasteiger partial charge on any atom is 0.514 e. The van der Waals surface area contributed by atoms with E-state index < -0.39 is 36.4 Å². The summed E-state index contributed by atoms with van der Waals surface area (Å²) in [4.78, 5) is 23.1. The van der Waals surface area contributed by atoms with Crippen molar-refractivity contribution in [2.45, 2.75) is 58.2 Å². The van der Waals surface area contributed by atoms with E-state index in [1.807, 2.05) is 0 Å². The van der Waals surface area contributed by atoms with Crippen LogP contribution < -0.4 is 0 Å². The first-order valence-corrected chi connectivity index (χ1v) is 9.08. The highest BCUT2D eigenvalue weighted by Gasteiger charge is 2.42. The third-order valence-corrected chi connectivity index (χ3v) is 4.00. The van der Waals surface area contributed by atoms with Crippen LogP contribution in [-0.2, 0) is 28.4 Å². The highest BCUT2D eigenvalue weighted by atomic mass is 16.8.